The minimum Gasteiger partial charge on any atom is -0.469 e. The van der Waals surface area contributed by atoms with Crippen LogP contribution in [0.1, 0.15) is 11.3 Å². The fourth-order valence-corrected chi connectivity index (χ4v) is 1.61. The highest BCUT2D eigenvalue weighted by Crippen LogP contribution is 2.27. The van der Waals surface area contributed by atoms with Gasteiger partial charge in [0.25, 0.3) is 0 Å². The molecule has 13 heavy (non-hydrogen) atoms. The first-order valence-electron chi connectivity index (χ1n) is 4.39. The van der Waals surface area contributed by atoms with Crippen LogP contribution in [0, 0.1) is 13.8 Å². The van der Waals surface area contributed by atoms with Gasteiger partial charge < -0.3 is 4.42 Å². The lowest BCUT2D eigenvalue weighted by molar-refractivity contribution is 0.534. The van der Waals surface area contributed by atoms with Crippen molar-refractivity contribution >= 4 is 0 Å². The number of benzene rings is 1. The number of aryl methyl sites for hydroxylation is 2. The van der Waals surface area contributed by atoms with Crippen LogP contribution in [0.5, 0.6) is 0 Å². The minimum absolute atomic E-state index is 0.990. The number of hydrogen-bond acceptors (Lipinski definition) is 1. The summed E-state index contributed by atoms with van der Waals surface area (Å²) in [6.45, 7) is 4.06. The van der Waals surface area contributed by atoms with Gasteiger partial charge in [0, 0.05) is 5.56 Å². The summed E-state index contributed by atoms with van der Waals surface area (Å²) in [5, 5.41) is 0. The Morgan fingerprint density at radius 3 is 2.23 bits per heavy atom. The van der Waals surface area contributed by atoms with Crippen LogP contribution in [-0.2, 0) is 0 Å². The Morgan fingerprint density at radius 1 is 1.00 bits per heavy atom. The number of rotatable bonds is 1. The first-order chi connectivity index (χ1) is 6.29. The Balaban J connectivity index is 2.59. The second kappa shape index (κ2) is 3.09. The Bertz CT molecular complexity index is 379. The third-order valence-electron chi connectivity index (χ3n) is 2.22. The maximum absolute atomic E-state index is 5.35. The molecular weight excluding hydrogens is 160 g/mol. The molecule has 1 heterocycles. The molecule has 1 nitrogen and oxygen atoms in total. The van der Waals surface area contributed by atoms with Crippen LogP contribution in [0.25, 0.3) is 11.1 Å². The predicted molar refractivity (Wildman–Crippen MR) is 53.6 cm³/mol. The number of hydrogen-bond donors (Lipinski definition) is 0. The molecule has 0 aliphatic carbocycles. The van der Waals surface area contributed by atoms with Crippen LogP contribution >= 0.6 is 0 Å². The first-order valence-corrected chi connectivity index (χ1v) is 4.39. The van der Waals surface area contributed by atoms with Gasteiger partial charge in [-0.05, 0) is 25.0 Å². The van der Waals surface area contributed by atoms with Gasteiger partial charge in [-0.15, -0.1) is 0 Å². The molecule has 2 rings (SSSR count). The van der Waals surface area contributed by atoms with Gasteiger partial charge in [-0.1, -0.05) is 30.3 Å². The molecule has 66 valence electrons. The molecule has 0 saturated heterocycles. The summed E-state index contributed by atoms with van der Waals surface area (Å²) in [4.78, 5) is 0. The lowest BCUT2D eigenvalue weighted by atomic mass is 10.0. The van der Waals surface area contributed by atoms with E-state index >= 15 is 0 Å². The van der Waals surface area contributed by atoms with E-state index in [0.29, 0.717) is 0 Å². The van der Waals surface area contributed by atoms with E-state index in [1.165, 1.54) is 16.7 Å². The summed E-state index contributed by atoms with van der Waals surface area (Å²) < 4.78 is 5.35. The summed E-state index contributed by atoms with van der Waals surface area (Å²) in [6, 6.07) is 10.3. The molecule has 0 radical (unpaired) electrons. The molecule has 0 bridgehead atoms. The Morgan fingerprint density at radius 2 is 1.69 bits per heavy atom. The highest BCUT2D eigenvalue weighted by molar-refractivity contribution is 5.68. The molecule has 0 amide bonds. The zero-order chi connectivity index (χ0) is 9.26. The van der Waals surface area contributed by atoms with E-state index in [-0.39, 0.29) is 0 Å². The summed E-state index contributed by atoms with van der Waals surface area (Å²) >= 11 is 0. The quantitative estimate of drug-likeness (QED) is 0.641. The van der Waals surface area contributed by atoms with Gasteiger partial charge in [-0.3, -0.25) is 0 Å². The van der Waals surface area contributed by atoms with Crippen molar-refractivity contribution in [2.24, 2.45) is 0 Å². The van der Waals surface area contributed by atoms with Gasteiger partial charge >= 0.3 is 0 Å². The lowest BCUT2D eigenvalue weighted by Gasteiger charge is -1.99. The van der Waals surface area contributed by atoms with Crippen molar-refractivity contribution in [3.63, 3.8) is 0 Å². The lowest BCUT2D eigenvalue weighted by Crippen LogP contribution is -1.79. The van der Waals surface area contributed by atoms with E-state index in [4.69, 9.17) is 4.42 Å². The summed E-state index contributed by atoms with van der Waals surface area (Å²) in [7, 11) is 0. The summed E-state index contributed by atoms with van der Waals surface area (Å²) in [5.74, 6) is 0.990. The van der Waals surface area contributed by atoms with E-state index in [1.807, 2.05) is 25.1 Å². The highest BCUT2D eigenvalue weighted by Gasteiger charge is 2.07. The zero-order valence-corrected chi connectivity index (χ0v) is 7.87. The molecule has 1 aromatic heterocycles. The van der Waals surface area contributed by atoms with Crippen LogP contribution in [0.15, 0.2) is 41.0 Å². The van der Waals surface area contributed by atoms with Gasteiger partial charge in [-0.2, -0.15) is 0 Å². The largest absolute Gasteiger partial charge is 0.469 e. The normalized spacial score (nSPS) is 10.3. The molecule has 1 aromatic carbocycles. The molecule has 0 N–H and O–H groups in total. The second-order valence-electron chi connectivity index (χ2n) is 3.22. The van der Waals surface area contributed by atoms with Gasteiger partial charge in [0.15, 0.2) is 0 Å². The van der Waals surface area contributed by atoms with Gasteiger partial charge in [0.2, 0.25) is 0 Å². The van der Waals surface area contributed by atoms with Gasteiger partial charge in [-0.25, -0.2) is 0 Å². The van der Waals surface area contributed by atoms with Crippen LogP contribution in [0.2, 0.25) is 0 Å². The van der Waals surface area contributed by atoms with Crippen molar-refractivity contribution < 1.29 is 4.42 Å². The number of furan rings is 1. The van der Waals surface area contributed by atoms with E-state index in [0.717, 1.165) is 5.76 Å². The Labute approximate surface area is 78.0 Å². The summed E-state index contributed by atoms with van der Waals surface area (Å²) in [6.07, 6.45) is 1.80. The van der Waals surface area contributed by atoms with Gasteiger partial charge in [0.05, 0.1) is 6.26 Å². The predicted octanol–water partition coefficient (Wildman–Crippen LogP) is 3.56. The molecular formula is C12H12O. The maximum atomic E-state index is 5.35. The van der Waals surface area contributed by atoms with Crippen molar-refractivity contribution in [1.82, 2.24) is 0 Å². The average Bonchev–Trinajstić information content (AvgIpc) is 2.48. The maximum Gasteiger partial charge on any atom is 0.108 e. The third kappa shape index (κ3) is 1.37. The fraction of sp³-hybridized carbons (Fsp3) is 0.167. The SMILES string of the molecule is Cc1coc(C)c1-c1ccccc1. The van der Waals surface area contributed by atoms with E-state index < -0.39 is 0 Å². The minimum atomic E-state index is 0.990. The highest BCUT2D eigenvalue weighted by atomic mass is 16.3. The molecule has 2 aromatic rings. The van der Waals surface area contributed by atoms with Gasteiger partial charge in [0.1, 0.15) is 5.76 Å². The first kappa shape index (κ1) is 8.11. The second-order valence-corrected chi connectivity index (χ2v) is 3.22. The third-order valence-corrected chi connectivity index (χ3v) is 2.22. The topological polar surface area (TPSA) is 13.1 Å². The van der Waals surface area contributed by atoms with Crippen molar-refractivity contribution in [2.45, 2.75) is 13.8 Å². The van der Waals surface area contributed by atoms with Crippen LogP contribution in [0.4, 0.5) is 0 Å². The van der Waals surface area contributed by atoms with Crippen molar-refractivity contribution in [3.8, 4) is 11.1 Å². The Hall–Kier alpha value is -1.50. The van der Waals surface area contributed by atoms with Crippen LogP contribution in [-0.4, -0.2) is 0 Å². The van der Waals surface area contributed by atoms with E-state index in [9.17, 15) is 0 Å². The smallest absolute Gasteiger partial charge is 0.108 e. The van der Waals surface area contributed by atoms with Crippen LogP contribution in [0.3, 0.4) is 0 Å². The summed E-state index contributed by atoms with van der Waals surface area (Å²) in [5.41, 5.74) is 3.65. The molecule has 0 aliphatic rings. The molecule has 0 spiro atoms. The van der Waals surface area contributed by atoms with Crippen LogP contribution < -0.4 is 0 Å². The molecule has 0 unspecified atom stereocenters. The monoisotopic (exact) mass is 172 g/mol. The molecule has 0 saturated carbocycles. The molecule has 0 fully saturated rings. The molecule has 0 aliphatic heterocycles. The molecule has 1 heteroatoms. The van der Waals surface area contributed by atoms with Crippen molar-refractivity contribution in [2.75, 3.05) is 0 Å². The average molecular weight is 172 g/mol. The van der Waals surface area contributed by atoms with Crippen molar-refractivity contribution in [3.05, 3.63) is 47.9 Å². The standard InChI is InChI=1S/C12H12O/c1-9-8-13-10(2)12(9)11-6-4-3-5-7-11/h3-8H,1-2H3. The Kier molecular flexibility index (Phi) is 1.93. The van der Waals surface area contributed by atoms with Crippen molar-refractivity contribution in [1.29, 1.82) is 0 Å². The van der Waals surface area contributed by atoms with E-state index in [1.54, 1.807) is 6.26 Å². The van der Waals surface area contributed by atoms with E-state index in [2.05, 4.69) is 19.1 Å². The molecule has 0 atom stereocenters. The zero-order valence-electron chi connectivity index (χ0n) is 7.87. The fourth-order valence-electron chi connectivity index (χ4n) is 1.61.